The first kappa shape index (κ1) is 23.3. The van der Waals surface area contributed by atoms with Gasteiger partial charge in [0, 0.05) is 24.2 Å². The van der Waals surface area contributed by atoms with Gasteiger partial charge in [-0.3, -0.25) is 14.2 Å². The van der Waals surface area contributed by atoms with Crippen molar-refractivity contribution in [3.05, 3.63) is 89.0 Å². The van der Waals surface area contributed by atoms with Crippen molar-refractivity contribution in [2.24, 2.45) is 7.05 Å². The third-order valence-corrected chi connectivity index (χ3v) is 6.34. The summed E-state index contributed by atoms with van der Waals surface area (Å²) in [7, 11) is 3.53. The zero-order chi connectivity index (χ0) is 25.4. The van der Waals surface area contributed by atoms with Gasteiger partial charge in [-0.05, 0) is 50.6 Å². The highest BCUT2D eigenvalue weighted by Crippen LogP contribution is 2.28. The molecule has 0 saturated carbocycles. The van der Waals surface area contributed by atoms with E-state index >= 15 is 0 Å². The molecule has 0 spiro atoms. The van der Waals surface area contributed by atoms with E-state index < -0.39 is 0 Å². The molecule has 5 aromatic rings. The second-order valence-corrected chi connectivity index (χ2v) is 8.88. The molecular weight excluding hydrogens is 452 g/mol. The van der Waals surface area contributed by atoms with Crippen LogP contribution in [0.2, 0.25) is 0 Å². The summed E-state index contributed by atoms with van der Waals surface area (Å²) in [4.78, 5) is 18.5. The van der Waals surface area contributed by atoms with Crippen LogP contribution in [0.15, 0.2) is 60.8 Å². The van der Waals surface area contributed by atoms with Crippen LogP contribution in [-0.4, -0.2) is 37.6 Å². The van der Waals surface area contributed by atoms with Crippen LogP contribution in [0.1, 0.15) is 33.0 Å². The number of ether oxygens (including phenoxy) is 1. The molecule has 0 unspecified atom stereocenters. The van der Waals surface area contributed by atoms with E-state index in [1.54, 1.807) is 11.8 Å². The SMILES string of the molecule is COc1cccc(Cn2nc(C)c(NC(=O)c3cc(-c4cn(C)nc4C)nc4ccccc34)c2C)c1. The molecule has 0 aliphatic rings. The summed E-state index contributed by atoms with van der Waals surface area (Å²) in [6, 6.07) is 17.4. The molecule has 8 heteroatoms. The smallest absolute Gasteiger partial charge is 0.256 e. The van der Waals surface area contributed by atoms with Crippen LogP contribution in [-0.2, 0) is 13.6 Å². The Labute approximate surface area is 209 Å². The molecule has 0 aliphatic heterocycles. The van der Waals surface area contributed by atoms with Crippen molar-refractivity contribution in [3.63, 3.8) is 0 Å². The van der Waals surface area contributed by atoms with Crippen LogP contribution < -0.4 is 10.1 Å². The first-order valence-corrected chi connectivity index (χ1v) is 11.7. The number of carbonyl (C=O) groups excluding carboxylic acids is 1. The summed E-state index contributed by atoms with van der Waals surface area (Å²) in [5, 5.41) is 13.0. The van der Waals surface area contributed by atoms with Gasteiger partial charge in [0.05, 0.1) is 53.2 Å². The maximum Gasteiger partial charge on any atom is 0.256 e. The number of hydrogen-bond acceptors (Lipinski definition) is 5. The number of anilines is 1. The van der Waals surface area contributed by atoms with E-state index in [0.29, 0.717) is 23.5 Å². The van der Waals surface area contributed by atoms with Crippen molar-refractivity contribution in [2.45, 2.75) is 27.3 Å². The Kier molecular flexibility index (Phi) is 6.01. The van der Waals surface area contributed by atoms with Crippen LogP contribution in [0.4, 0.5) is 5.69 Å². The second-order valence-electron chi connectivity index (χ2n) is 8.88. The van der Waals surface area contributed by atoms with Crippen LogP contribution >= 0.6 is 0 Å². The molecule has 5 rings (SSSR count). The van der Waals surface area contributed by atoms with Gasteiger partial charge >= 0.3 is 0 Å². The number of aromatic nitrogens is 5. The highest BCUT2D eigenvalue weighted by Gasteiger charge is 2.20. The van der Waals surface area contributed by atoms with E-state index in [-0.39, 0.29) is 5.91 Å². The third-order valence-electron chi connectivity index (χ3n) is 6.34. The van der Waals surface area contributed by atoms with Gasteiger partial charge in [-0.2, -0.15) is 10.2 Å². The van der Waals surface area contributed by atoms with E-state index in [1.807, 2.05) is 93.3 Å². The van der Waals surface area contributed by atoms with Crippen LogP contribution in [0.25, 0.3) is 22.2 Å². The van der Waals surface area contributed by atoms with E-state index in [9.17, 15) is 4.79 Å². The quantitative estimate of drug-likeness (QED) is 0.367. The van der Waals surface area contributed by atoms with Crippen molar-refractivity contribution < 1.29 is 9.53 Å². The molecule has 182 valence electrons. The lowest BCUT2D eigenvalue weighted by Crippen LogP contribution is -2.14. The summed E-state index contributed by atoms with van der Waals surface area (Å²) in [5.74, 6) is 0.593. The molecule has 0 aliphatic carbocycles. The maximum atomic E-state index is 13.6. The highest BCUT2D eigenvalue weighted by molar-refractivity contribution is 6.13. The Morgan fingerprint density at radius 3 is 2.56 bits per heavy atom. The van der Waals surface area contributed by atoms with E-state index in [1.165, 1.54) is 0 Å². The number of benzene rings is 2. The third kappa shape index (κ3) is 4.33. The molecule has 2 aromatic carbocycles. The molecule has 8 nitrogen and oxygen atoms in total. The van der Waals surface area contributed by atoms with Crippen molar-refractivity contribution in [1.82, 2.24) is 24.5 Å². The van der Waals surface area contributed by atoms with Gasteiger partial charge in [-0.1, -0.05) is 30.3 Å². The van der Waals surface area contributed by atoms with Crippen LogP contribution in [0.5, 0.6) is 5.75 Å². The van der Waals surface area contributed by atoms with Gasteiger partial charge < -0.3 is 10.1 Å². The fourth-order valence-electron chi connectivity index (χ4n) is 4.51. The molecule has 1 amide bonds. The van der Waals surface area contributed by atoms with E-state index in [4.69, 9.17) is 9.72 Å². The zero-order valence-electron chi connectivity index (χ0n) is 21.0. The average molecular weight is 481 g/mol. The zero-order valence-corrected chi connectivity index (χ0v) is 21.0. The lowest BCUT2D eigenvalue weighted by atomic mass is 10.0. The fraction of sp³-hybridized carbons (Fsp3) is 0.214. The summed E-state index contributed by atoms with van der Waals surface area (Å²) >= 11 is 0. The lowest BCUT2D eigenvalue weighted by molar-refractivity contribution is 0.102. The van der Waals surface area contributed by atoms with Gasteiger partial charge in [0.2, 0.25) is 0 Å². The molecule has 0 atom stereocenters. The lowest BCUT2D eigenvalue weighted by Gasteiger charge is -2.11. The number of pyridine rings is 1. The first-order chi connectivity index (χ1) is 17.3. The number of methoxy groups -OCH3 is 1. The summed E-state index contributed by atoms with van der Waals surface area (Å²) in [6.45, 7) is 6.38. The molecule has 36 heavy (non-hydrogen) atoms. The van der Waals surface area contributed by atoms with Crippen molar-refractivity contribution in [3.8, 4) is 17.0 Å². The van der Waals surface area contributed by atoms with Gasteiger partial charge in [0.25, 0.3) is 5.91 Å². The minimum absolute atomic E-state index is 0.205. The number of amides is 1. The highest BCUT2D eigenvalue weighted by atomic mass is 16.5. The number of nitrogens with zero attached hydrogens (tertiary/aromatic N) is 5. The predicted molar refractivity (Wildman–Crippen MR) is 140 cm³/mol. The number of hydrogen-bond donors (Lipinski definition) is 1. The molecular formula is C28H28N6O2. The largest absolute Gasteiger partial charge is 0.497 e. The number of carbonyl (C=O) groups is 1. The van der Waals surface area contributed by atoms with Crippen molar-refractivity contribution >= 4 is 22.5 Å². The summed E-state index contributed by atoms with van der Waals surface area (Å²) in [6.07, 6.45) is 1.92. The van der Waals surface area contributed by atoms with Gasteiger partial charge in [-0.25, -0.2) is 4.98 Å². The van der Waals surface area contributed by atoms with Crippen LogP contribution in [0, 0.1) is 20.8 Å². The Morgan fingerprint density at radius 2 is 1.81 bits per heavy atom. The number of para-hydroxylation sites is 1. The Bertz CT molecular complexity index is 1600. The van der Waals surface area contributed by atoms with Crippen LogP contribution in [0.3, 0.4) is 0 Å². The molecule has 0 radical (unpaired) electrons. The van der Waals surface area contributed by atoms with Gasteiger partial charge in [-0.15, -0.1) is 0 Å². The molecule has 0 fully saturated rings. The van der Waals surface area contributed by atoms with E-state index in [2.05, 4.69) is 15.5 Å². The Balaban J connectivity index is 1.50. The minimum Gasteiger partial charge on any atom is -0.497 e. The summed E-state index contributed by atoms with van der Waals surface area (Å²) in [5.41, 5.74) is 7.19. The van der Waals surface area contributed by atoms with Crippen molar-refractivity contribution in [2.75, 3.05) is 12.4 Å². The Morgan fingerprint density at radius 1 is 1.00 bits per heavy atom. The normalized spacial score (nSPS) is 11.1. The molecule has 3 aromatic heterocycles. The maximum absolute atomic E-state index is 13.6. The molecule has 3 heterocycles. The van der Waals surface area contributed by atoms with E-state index in [0.717, 1.165) is 44.9 Å². The average Bonchev–Trinajstić information content (AvgIpc) is 3.35. The molecule has 0 saturated heterocycles. The predicted octanol–water partition coefficient (Wildman–Crippen LogP) is 5.07. The molecule has 1 N–H and O–H groups in total. The number of aryl methyl sites for hydroxylation is 3. The monoisotopic (exact) mass is 480 g/mol. The summed E-state index contributed by atoms with van der Waals surface area (Å²) < 4.78 is 8.99. The number of rotatable bonds is 6. The first-order valence-electron chi connectivity index (χ1n) is 11.7. The number of fused-ring (bicyclic) bond motifs is 1. The fourth-order valence-corrected chi connectivity index (χ4v) is 4.51. The van der Waals surface area contributed by atoms with Crippen molar-refractivity contribution in [1.29, 1.82) is 0 Å². The van der Waals surface area contributed by atoms with Gasteiger partial charge in [0.15, 0.2) is 0 Å². The standard InChI is InChI=1S/C28H28N6O2/c1-17-24(16-33(4)31-17)26-14-23(22-11-6-7-12-25(22)29-26)28(35)30-27-18(2)32-34(19(27)3)15-20-9-8-10-21(13-20)36-5/h6-14,16H,15H2,1-5H3,(H,30,35). The number of nitrogens with one attached hydrogen (secondary N) is 1. The topological polar surface area (TPSA) is 86.9 Å². The van der Waals surface area contributed by atoms with Gasteiger partial charge in [0.1, 0.15) is 5.75 Å². The molecule has 0 bridgehead atoms. The second kappa shape index (κ2) is 9.30. The minimum atomic E-state index is -0.205. The Hall–Kier alpha value is -4.46.